The van der Waals surface area contributed by atoms with Crippen LogP contribution in [0.15, 0.2) is 17.2 Å². The van der Waals surface area contributed by atoms with Gasteiger partial charge in [0.1, 0.15) is 0 Å². The lowest BCUT2D eigenvalue weighted by molar-refractivity contribution is 0.632. The van der Waals surface area contributed by atoms with Gasteiger partial charge in [-0.25, -0.2) is 4.98 Å². The van der Waals surface area contributed by atoms with Gasteiger partial charge in [-0.3, -0.25) is 4.79 Å². The minimum atomic E-state index is -0.134. The summed E-state index contributed by atoms with van der Waals surface area (Å²) in [7, 11) is 1.87. The van der Waals surface area contributed by atoms with Crippen molar-refractivity contribution >= 4 is 5.82 Å². The zero-order chi connectivity index (χ0) is 9.84. The highest BCUT2D eigenvalue weighted by molar-refractivity contribution is 5.33. The lowest BCUT2D eigenvalue weighted by atomic mass is 10.2. The largest absolute Gasteiger partial charge is 0.355 e. The third-order valence-electron chi connectivity index (χ3n) is 1.69. The standard InChI is InChI=1S/C9H15N3O/c1-7(2)6-12(3)8-9(13)11-5-4-10-8/h4-5,7H,6H2,1-3H3,(H,11,13). The minimum absolute atomic E-state index is 0.134. The highest BCUT2D eigenvalue weighted by atomic mass is 16.1. The normalized spacial score (nSPS) is 10.5. The molecule has 4 nitrogen and oxygen atoms in total. The fourth-order valence-electron chi connectivity index (χ4n) is 1.25. The number of nitrogens with one attached hydrogen (secondary N) is 1. The Bertz CT molecular complexity index is 319. The maximum absolute atomic E-state index is 11.3. The van der Waals surface area contributed by atoms with Crippen LogP contribution in [0.1, 0.15) is 13.8 Å². The molecule has 0 unspecified atom stereocenters. The molecule has 0 aromatic carbocycles. The van der Waals surface area contributed by atoms with E-state index in [2.05, 4.69) is 23.8 Å². The van der Waals surface area contributed by atoms with Crippen molar-refractivity contribution < 1.29 is 0 Å². The number of aromatic nitrogens is 2. The van der Waals surface area contributed by atoms with Crippen molar-refractivity contribution in [2.24, 2.45) is 5.92 Å². The number of rotatable bonds is 3. The van der Waals surface area contributed by atoms with E-state index in [0.29, 0.717) is 11.7 Å². The van der Waals surface area contributed by atoms with Gasteiger partial charge < -0.3 is 9.88 Å². The Morgan fingerprint density at radius 3 is 2.85 bits per heavy atom. The summed E-state index contributed by atoms with van der Waals surface area (Å²) < 4.78 is 0. The summed E-state index contributed by atoms with van der Waals surface area (Å²) in [6.45, 7) is 5.04. The fraction of sp³-hybridized carbons (Fsp3) is 0.556. The van der Waals surface area contributed by atoms with Gasteiger partial charge in [-0.1, -0.05) is 13.8 Å². The molecule has 1 aromatic heterocycles. The number of nitrogens with zero attached hydrogens (tertiary/aromatic N) is 2. The Morgan fingerprint density at radius 1 is 1.62 bits per heavy atom. The molecule has 0 aliphatic heterocycles. The van der Waals surface area contributed by atoms with Crippen molar-refractivity contribution in [1.82, 2.24) is 9.97 Å². The third-order valence-corrected chi connectivity index (χ3v) is 1.69. The summed E-state index contributed by atoms with van der Waals surface area (Å²) in [6.07, 6.45) is 3.13. The van der Waals surface area contributed by atoms with Crippen LogP contribution >= 0.6 is 0 Å². The molecule has 0 bridgehead atoms. The van der Waals surface area contributed by atoms with E-state index in [0.717, 1.165) is 6.54 Å². The lowest BCUT2D eigenvalue weighted by Crippen LogP contribution is -2.29. The van der Waals surface area contributed by atoms with Gasteiger partial charge in [0.05, 0.1) is 0 Å². The Morgan fingerprint density at radius 2 is 2.31 bits per heavy atom. The van der Waals surface area contributed by atoms with Gasteiger partial charge in [-0.05, 0) is 5.92 Å². The lowest BCUT2D eigenvalue weighted by Gasteiger charge is -2.18. The van der Waals surface area contributed by atoms with Crippen LogP contribution < -0.4 is 10.5 Å². The number of aromatic amines is 1. The number of anilines is 1. The molecule has 1 heterocycles. The SMILES string of the molecule is CC(C)CN(C)c1ncc[nH]c1=O. The average Bonchev–Trinajstić information content (AvgIpc) is 2.03. The Hall–Kier alpha value is -1.32. The number of hydrogen-bond donors (Lipinski definition) is 1. The van der Waals surface area contributed by atoms with E-state index in [9.17, 15) is 4.79 Å². The molecular weight excluding hydrogens is 166 g/mol. The van der Waals surface area contributed by atoms with Gasteiger partial charge in [-0.2, -0.15) is 0 Å². The van der Waals surface area contributed by atoms with Crippen LogP contribution in [0.3, 0.4) is 0 Å². The van der Waals surface area contributed by atoms with Gasteiger partial charge in [0, 0.05) is 26.0 Å². The van der Waals surface area contributed by atoms with Crippen molar-refractivity contribution in [3.63, 3.8) is 0 Å². The Kier molecular flexibility index (Phi) is 3.06. The van der Waals surface area contributed by atoms with E-state index in [-0.39, 0.29) is 5.56 Å². The van der Waals surface area contributed by atoms with E-state index in [1.54, 1.807) is 6.20 Å². The average molecular weight is 181 g/mol. The molecule has 13 heavy (non-hydrogen) atoms. The molecule has 1 N–H and O–H groups in total. The van der Waals surface area contributed by atoms with E-state index in [4.69, 9.17) is 0 Å². The monoisotopic (exact) mass is 181 g/mol. The zero-order valence-electron chi connectivity index (χ0n) is 8.24. The molecule has 1 aromatic rings. The van der Waals surface area contributed by atoms with E-state index in [1.165, 1.54) is 6.20 Å². The van der Waals surface area contributed by atoms with Crippen LogP contribution in [0.2, 0.25) is 0 Å². The predicted molar refractivity (Wildman–Crippen MR) is 53.0 cm³/mol. The quantitative estimate of drug-likeness (QED) is 0.752. The highest BCUT2D eigenvalue weighted by Gasteiger charge is 2.07. The predicted octanol–water partition coefficient (Wildman–Crippen LogP) is 0.862. The molecule has 0 amide bonds. The second kappa shape index (κ2) is 4.07. The zero-order valence-corrected chi connectivity index (χ0v) is 8.24. The smallest absolute Gasteiger partial charge is 0.290 e. The molecule has 4 heteroatoms. The summed E-state index contributed by atoms with van der Waals surface area (Å²) in [5.41, 5.74) is -0.134. The van der Waals surface area contributed by atoms with Gasteiger partial charge in [0.15, 0.2) is 5.82 Å². The van der Waals surface area contributed by atoms with Crippen LogP contribution in [-0.4, -0.2) is 23.6 Å². The van der Waals surface area contributed by atoms with Gasteiger partial charge in [0.2, 0.25) is 0 Å². The molecule has 0 atom stereocenters. The van der Waals surface area contributed by atoms with Gasteiger partial charge in [-0.15, -0.1) is 0 Å². The first-order chi connectivity index (χ1) is 6.11. The van der Waals surface area contributed by atoms with Crippen molar-refractivity contribution in [2.45, 2.75) is 13.8 Å². The number of hydrogen-bond acceptors (Lipinski definition) is 3. The molecule has 72 valence electrons. The first-order valence-corrected chi connectivity index (χ1v) is 4.36. The summed E-state index contributed by atoms with van der Waals surface area (Å²) in [5.74, 6) is 1.00. The van der Waals surface area contributed by atoms with Crippen LogP contribution in [0.4, 0.5) is 5.82 Å². The van der Waals surface area contributed by atoms with Gasteiger partial charge in [0.25, 0.3) is 5.56 Å². The van der Waals surface area contributed by atoms with Crippen molar-refractivity contribution in [3.8, 4) is 0 Å². The molecule has 0 radical (unpaired) electrons. The van der Waals surface area contributed by atoms with Crippen LogP contribution in [0.25, 0.3) is 0 Å². The van der Waals surface area contributed by atoms with Crippen LogP contribution in [0.5, 0.6) is 0 Å². The van der Waals surface area contributed by atoms with Crippen LogP contribution in [-0.2, 0) is 0 Å². The van der Waals surface area contributed by atoms with Crippen LogP contribution in [0, 0.1) is 5.92 Å². The second-order valence-electron chi connectivity index (χ2n) is 3.52. The molecule has 1 rings (SSSR count). The summed E-state index contributed by atoms with van der Waals surface area (Å²) in [5, 5.41) is 0. The fourth-order valence-corrected chi connectivity index (χ4v) is 1.25. The molecule has 0 aliphatic carbocycles. The topological polar surface area (TPSA) is 49.0 Å². The first-order valence-electron chi connectivity index (χ1n) is 4.36. The molecule has 0 fully saturated rings. The molecule has 0 aliphatic rings. The molecular formula is C9H15N3O. The van der Waals surface area contributed by atoms with Crippen molar-refractivity contribution in [1.29, 1.82) is 0 Å². The summed E-state index contributed by atoms with van der Waals surface area (Å²) in [4.78, 5) is 19.8. The third kappa shape index (κ3) is 2.57. The van der Waals surface area contributed by atoms with Gasteiger partial charge >= 0.3 is 0 Å². The maximum atomic E-state index is 11.3. The van der Waals surface area contributed by atoms with Crippen molar-refractivity contribution in [3.05, 3.63) is 22.7 Å². The van der Waals surface area contributed by atoms with E-state index in [1.807, 2.05) is 11.9 Å². The highest BCUT2D eigenvalue weighted by Crippen LogP contribution is 2.02. The molecule has 0 spiro atoms. The Labute approximate surface area is 77.6 Å². The van der Waals surface area contributed by atoms with Crippen molar-refractivity contribution in [2.75, 3.05) is 18.5 Å². The maximum Gasteiger partial charge on any atom is 0.290 e. The second-order valence-corrected chi connectivity index (χ2v) is 3.52. The minimum Gasteiger partial charge on any atom is -0.355 e. The Balaban J connectivity index is 2.83. The van der Waals surface area contributed by atoms with E-state index < -0.39 is 0 Å². The van der Waals surface area contributed by atoms with E-state index >= 15 is 0 Å². The number of H-pyrrole nitrogens is 1. The summed E-state index contributed by atoms with van der Waals surface area (Å²) in [6, 6.07) is 0. The summed E-state index contributed by atoms with van der Waals surface area (Å²) >= 11 is 0. The molecule has 0 saturated heterocycles. The molecule has 0 saturated carbocycles. The first kappa shape index (κ1) is 9.77.